The Morgan fingerprint density at radius 1 is 0.676 bits per heavy atom. The minimum atomic E-state index is -1.14. The van der Waals surface area contributed by atoms with Crippen LogP contribution in [0.1, 0.15) is 163 Å². The first-order valence-corrected chi connectivity index (χ1v) is 15.4. The molecule has 4 nitrogen and oxygen atoms in total. The number of aryl methyl sites for hydroxylation is 1. The molecule has 0 unspecified atom stereocenters. The number of phenols is 2. The number of aromatic carboxylic acids is 1. The lowest BCUT2D eigenvalue weighted by Gasteiger charge is -2.12. The first-order valence-electron chi connectivity index (χ1n) is 15.4. The van der Waals surface area contributed by atoms with Gasteiger partial charge < -0.3 is 15.3 Å². The second-order valence-corrected chi connectivity index (χ2v) is 10.9. The van der Waals surface area contributed by atoms with Gasteiger partial charge in [0.1, 0.15) is 17.1 Å². The van der Waals surface area contributed by atoms with Crippen LogP contribution in [0.15, 0.2) is 18.2 Å². The Bertz CT molecular complexity index is 753. The van der Waals surface area contributed by atoms with Gasteiger partial charge >= 0.3 is 5.97 Å². The van der Waals surface area contributed by atoms with E-state index in [-0.39, 0.29) is 22.6 Å². The molecule has 0 bridgehead atoms. The summed E-state index contributed by atoms with van der Waals surface area (Å²) >= 11 is 0. The number of carbonyl (C=O) groups is 1. The maximum Gasteiger partial charge on any atom is 0.339 e. The number of benzene rings is 1. The first-order chi connectivity index (χ1) is 18.0. The highest BCUT2D eigenvalue weighted by Crippen LogP contribution is 2.33. The molecule has 1 rings (SSSR count). The molecule has 1 aromatic rings. The minimum absolute atomic E-state index is 0.0382. The van der Waals surface area contributed by atoms with Crippen LogP contribution in [0, 0.1) is 6.92 Å². The molecule has 0 aliphatic carbocycles. The van der Waals surface area contributed by atoms with Crippen LogP contribution in [-0.2, 0) is 6.42 Å². The smallest absolute Gasteiger partial charge is 0.339 e. The van der Waals surface area contributed by atoms with Crippen molar-refractivity contribution >= 4 is 5.97 Å². The summed E-state index contributed by atoms with van der Waals surface area (Å²) in [7, 11) is 0. The number of rotatable bonds is 24. The zero-order valence-electron chi connectivity index (χ0n) is 24.0. The van der Waals surface area contributed by atoms with Gasteiger partial charge in [-0.3, -0.25) is 0 Å². The average Bonchev–Trinajstić information content (AvgIpc) is 2.87. The molecule has 0 atom stereocenters. The second kappa shape index (κ2) is 22.1. The number of unbranched alkanes of at least 4 members (excludes halogenated alkanes) is 19. The number of aromatic hydroxyl groups is 2. The van der Waals surface area contributed by atoms with E-state index in [0.29, 0.717) is 12.0 Å². The molecule has 4 heteroatoms. The third-order valence-corrected chi connectivity index (χ3v) is 7.53. The van der Waals surface area contributed by atoms with Crippen molar-refractivity contribution in [3.63, 3.8) is 0 Å². The van der Waals surface area contributed by atoms with Crippen molar-refractivity contribution in [1.29, 1.82) is 0 Å². The van der Waals surface area contributed by atoms with Gasteiger partial charge in [-0.1, -0.05) is 122 Å². The van der Waals surface area contributed by atoms with E-state index in [1.807, 2.05) is 0 Å². The van der Waals surface area contributed by atoms with Crippen molar-refractivity contribution in [3.8, 4) is 11.5 Å². The first kappa shape index (κ1) is 33.1. The fourth-order valence-electron chi connectivity index (χ4n) is 5.04. The molecule has 0 aliphatic heterocycles. The molecule has 0 aliphatic rings. The molecule has 0 heterocycles. The molecule has 0 amide bonds. The summed E-state index contributed by atoms with van der Waals surface area (Å²) in [6, 6.07) is 1.49. The van der Waals surface area contributed by atoms with Crippen LogP contribution in [0.25, 0.3) is 0 Å². The topological polar surface area (TPSA) is 77.8 Å². The summed E-state index contributed by atoms with van der Waals surface area (Å²) in [4.78, 5) is 11.5. The predicted molar refractivity (Wildman–Crippen MR) is 157 cm³/mol. The lowest BCUT2D eigenvalue weighted by atomic mass is 9.96. The Kier molecular flexibility index (Phi) is 19.7. The number of hydrogen-bond donors (Lipinski definition) is 3. The van der Waals surface area contributed by atoms with E-state index in [1.54, 1.807) is 0 Å². The summed E-state index contributed by atoms with van der Waals surface area (Å²) in [5.74, 6) is -1.49. The molecule has 0 spiro atoms. The zero-order chi connectivity index (χ0) is 27.1. The quantitative estimate of drug-likeness (QED) is 0.0943. The van der Waals surface area contributed by atoms with E-state index in [1.165, 1.54) is 129 Å². The Labute approximate surface area is 227 Å². The molecular formula is C33H56O4. The van der Waals surface area contributed by atoms with Crippen LogP contribution in [0.5, 0.6) is 11.5 Å². The molecule has 0 aromatic heterocycles. The molecule has 3 N–H and O–H groups in total. The molecule has 0 fully saturated rings. The van der Waals surface area contributed by atoms with Gasteiger partial charge in [0.25, 0.3) is 0 Å². The largest absolute Gasteiger partial charge is 0.508 e. The minimum Gasteiger partial charge on any atom is -0.508 e. The summed E-state index contributed by atoms with van der Waals surface area (Å²) < 4.78 is 0. The lowest BCUT2D eigenvalue weighted by Crippen LogP contribution is -2.04. The van der Waals surface area contributed by atoms with Crippen molar-refractivity contribution in [2.24, 2.45) is 0 Å². The van der Waals surface area contributed by atoms with Gasteiger partial charge in [-0.25, -0.2) is 4.79 Å². The van der Waals surface area contributed by atoms with E-state index in [4.69, 9.17) is 0 Å². The van der Waals surface area contributed by atoms with Crippen LogP contribution < -0.4 is 0 Å². The normalized spacial score (nSPS) is 11.5. The maximum atomic E-state index is 11.5. The Balaban J connectivity index is 1.89. The third kappa shape index (κ3) is 15.8. The van der Waals surface area contributed by atoms with E-state index in [2.05, 4.69) is 19.1 Å². The second-order valence-electron chi connectivity index (χ2n) is 10.9. The van der Waals surface area contributed by atoms with Crippen molar-refractivity contribution < 1.29 is 20.1 Å². The number of carboxylic acids is 1. The Hall–Kier alpha value is -1.97. The fourth-order valence-corrected chi connectivity index (χ4v) is 5.04. The molecular weight excluding hydrogens is 460 g/mol. The standard InChI is InChI=1S/C33H56O4/c1-3-4-5-6-7-8-9-10-11-12-13-14-15-16-17-18-19-20-21-22-23-24-25-26-29-27-30(34)28(2)32(35)31(29)33(36)37/h10-11,27,34-35H,3-9,12-26H2,1-2H3,(H,36,37)/b11-10-. The summed E-state index contributed by atoms with van der Waals surface area (Å²) in [6.45, 7) is 3.80. The van der Waals surface area contributed by atoms with E-state index in [0.717, 1.165) is 19.3 Å². The molecule has 37 heavy (non-hydrogen) atoms. The van der Waals surface area contributed by atoms with Crippen molar-refractivity contribution in [1.82, 2.24) is 0 Å². The van der Waals surface area contributed by atoms with E-state index in [9.17, 15) is 20.1 Å². The van der Waals surface area contributed by atoms with Gasteiger partial charge in [0.15, 0.2) is 0 Å². The summed E-state index contributed by atoms with van der Waals surface area (Å²) in [6.07, 6.45) is 32.6. The van der Waals surface area contributed by atoms with Gasteiger partial charge in [0.05, 0.1) is 0 Å². The summed E-state index contributed by atoms with van der Waals surface area (Å²) in [5.41, 5.74) is 0.682. The highest BCUT2D eigenvalue weighted by molar-refractivity contribution is 5.93. The zero-order valence-corrected chi connectivity index (χ0v) is 24.0. The van der Waals surface area contributed by atoms with Gasteiger partial charge in [-0.2, -0.15) is 0 Å². The Morgan fingerprint density at radius 2 is 1.08 bits per heavy atom. The van der Waals surface area contributed by atoms with Gasteiger partial charge in [-0.15, -0.1) is 0 Å². The highest BCUT2D eigenvalue weighted by atomic mass is 16.4. The van der Waals surface area contributed by atoms with Gasteiger partial charge in [0, 0.05) is 5.56 Å². The van der Waals surface area contributed by atoms with Crippen molar-refractivity contribution in [2.45, 2.75) is 155 Å². The molecule has 0 saturated carbocycles. The third-order valence-electron chi connectivity index (χ3n) is 7.53. The fraction of sp³-hybridized carbons (Fsp3) is 0.727. The number of phenolic OH excluding ortho intramolecular Hbond substituents is 1. The van der Waals surface area contributed by atoms with Crippen LogP contribution >= 0.6 is 0 Å². The van der Waals surface area contributed by atoms with Crippen molar-refractivity contribution in [3.05, 3.63) is 34.9 Å². The van der Waals surface area contributed by atoms with Gasteiger partial charge in [0.2, 0.25) is 0 Å². The predicted octanol–water partition coefficient (Wildman–Crippen LogP) is 10.4. The lowest BCUT2D eigenvalue weighted by molar-refractivity contribution is 0.0692. The molecule has 0 saturated heterocycles. The number of allylic oxidation sites excluding steroid dienone is 2. The van der Waals surface area contributed by atoms with Crippen LogP contribution in [0.2, 0.25) is 0 Å². The molecule has 0 radical (unpaired) electrons. The number of hydrogen-bond acceptors (Lipinski definition) is 3. The summed E-state index contributed by atoms with van der Waals surface area (Å²) in [5, 5.41) is 29.4. The van der Waals surface area contributed by atoms with Crippen LogP contribution in [-0.4, -0.2) is 21.3 Å². The SMILES string of the molecule is CCCCCCCC/C=C\CCCCCCCCCCCCCCCc1cc(O)c(C)c(O)c1C(=O)O. The van der Waals surface area contributed by atoms with Crippen LogP contribution in [0.3, 0.4) is 0 Å². The van der Waals surface area contributed by atoms with Crippen molar-refractivity contribution in [2.75, 3.05) is 0 Å². The van der Waals surface area contributed by atoms with Gasteiger partial charge in [-0.05, 0) is 57.1 Å². The van der Waals surface area contributed by atoms with E-state index >= 15 is 0 Å². The van der Waals surface area contributed by atoms with Crippen LogP contribution in [0.4, 0.5) is 0 Å². The average molecular weight is 517 g/mol. The number of carboxylic acid groups (broad SMARTS) is 1. The monoisotopic (exact) mass is 516 g/mol. The highest BCUT2D eigenvalue weighted by Gasteiger charge is 2.19. The Morgan fingerprint density at radius 3 is 1.51 bits per heavy atom. The maximum absolute atomic E-state index is 11.5. The van der Waals surface area contributed by atoms with E-state index < -0.39 is 5.97 Å². The molecule has 212 valence electrons. The molecule has 1 aromatic carbocycles.